The number of hydrogen-bond donors (Lipinski definition) is 0. The Balaban J connectivity index is 1.78. The smallest absolute Gasteiger partial charge is 0.120 e. The molecule has 0 saturated heterocycles. The standard InChI is InChI=1S/C13H21ClO/c1-13(7-15-8-14)11-3-9-2-10(5-11)6-12(13)4-9/h9-12H,2-8H2,1H3. The fraction of sp³-hybridized carbons (Fsp3) is 1.00. The van der Waals surface area contributed by atoms with Gasteiger partial charge in [-0.1, -0.05) is 18.5 Å². The summed E-state index contributed by atoms with van der Waals surface area (Å²) in [5, 5.41) is 0. The van der Waals surface area contributed by atoms with Crippen LogP contribution >= 0.6 is 11.6 Å². The largest absolute Gasteiger partial charge is 0.365 e. The van der Waals surface area contributed by atoms with Crippen LogP contribution in [0.15, 0.2) is 0 Å². The lowest BCUT2D eigenvalue weighted by Crippen LogP contribution is -2.53. The molecule has 4 aliphatic carbocycles. The molecule has 4 rings (SSSR count). The average Bonchev–Trinajstić information content (AvgIpc) is 2.22. The molecule has 15 heavy (non-hydrogen) atoms. The molecule has 2 heteroatoms. The zero-order valence-electron chi connectivity index (χ0n) is 9.55. The lowest BCUT2D eigenvalue weighted by Gasteiger charge is -2.60. The van der Waals surface area contributed by atoms with Gasteiger partial charge in [0.2, 0.25) is 0 Å². The Morgan fingerprint density at radius 1 is 1.07 bits per heavy atom. The van der Waals surface area contributed by atoms with Gasteiger partial charge in [0, 0.05) is 0 Å². The van der Waals surface area contributed by atoms with E-state index in [9.17, 15) is 0 Å². The molecule has 4 aliphatic rings. The summed E-state index contributed by atoms with van der Waals surface area (Å²) in [4.78, 5) is 0. The number of halogens is 1. The molecule has 4 bridgehead atoms. The topological polar surface area (TPSA) is 9.23 Å². The highest BCUT2D eigenvalue weighted by atomic mass is 35.5. The third kappa shape index (κ3) is 1.54. The summed E-state index contributed by atoms with van der Waals surface area (Å²) in [5.41, 5.74) is 0.447. The first-order chi connectivity index (χ1) is 7.22. The lowest BCUT2D eigenvalue weighted by atomic mass is 9.46. The Hall–Kier alpha value is 0.250. The molecule has 0 amide bonds. The number of rotatable bonds is 3. The van der Waals surface area contributed by atoms with Gasteiger partial charge in [-0.15, -0.1) is 0 Å². The molecule has 4 saturated carbocycles. The molecule has 0 heterocycles. The molecule has 0 aromatic carbocycles. The highest BCUT2D eigenvalue weighted by molar-refractivity contribution is 6.17. The van der Waals surface area contributed by atoms with Crippen LogP contribution in [0.1, 0.15) is 39.0 Å². The Labute approximate surface area is 97.5 Å². The third-order valence-electron chi connectivity index (χ3n) is 5.49. The van der Waals surface area contributed by atoms with Crippen LogP contribution in [-0.2, 0) is 4.74 Å². The molecule has 0 aliphatic heterocycles. The van der Waals surface area contributed by atoms with Gasteiger partial charge in [0.15, 0.2) is 0 Å². The Bertz CT molecular complexity index is 223. The van der Waals surface area contributed by atoms with Gasteiger partial charge in [0.25, 0.3) is 0 Å². The van der Waals surface area contributed by atoms with Gasteiger partial charge >= 0.3 is 0 Å². The summed E-state index contributed by atoms with van der Waals surface area (Å²) in [6.07, 6.45) is 7.40. The van der Waals surface area contributed by atoms with Crippen molar-refractivity contribution >= 4 is 11.6 Å². The van der Waals surface area contributed by atoms with Gasteiger partial charge in [-0.2, -0.15) is 0 Å². The van der Waals surface area contributed by atoms with Crippen molar-refractivity contribution in [2.45, 2.75) is 39.0 Å². The number of ether oxygens (including phenoxy) is 1. The fourth-order valence-corrected chi connectivity index (χ4v) is 4.83. The van der Waals surface area contributed by atoms with Gasteiger partial charge in [-0.3, -0.25) is 0 Å². The zero-order chi connectivity index (χ0) is 10.5. The van der Waals surface area contributed by atoms with Crippen LogP contribution in [-0.4, -0.2) is 12.7 Å². The van der Waals surface area contributed by atoms with Crippen LogP contribution in [0.3, 0.4) is 0 Å². The van der Waals surface area contributed by atoms with Crippen LogP contribution in [0.4, 0.5) is 0 Å². The van der Waals surface area contributed by atoms with E-state index in [0.29, 0.717) is 11.5 Å². The highest BCUT2D eigenvalue weighted by Gasteiger charge is 2.54. The van der Waals surface area contributed by atoms with E-state index in [4.69, 9.17) is 16.3 Å². The zero-order valence-corrected chi connectivity index (χ0v) is 10.3. The molecule has 0 aromatic heterocycles. The van der Waals surface area contributed by atoms with Crippen LogP contribution < -0.4 is 0 Å². The van der Waals surface area contributed by atoms with E-state index < -0.39 is 0 Å². The molecular formula is C13H21ClO. The van der Waals surface area contributed by atoms with Crippen molar-refractivity contribution in [3.05, 3.63) is 0 Å². The summed E-state index contributed by atoms with van der Waals surface area (Å²) in [5.74, 6) is 3.96. The normalized spacial score (nSPS) is 52.4. The van der Waals surface area contributed by atoms with Gasteiger partial charge in [0.1, 0.15) is 6.07 Å². The van der Waals surface area contributed by atoms with Crippen molar-refractivity contribution in [2.75, 3.05) is 12.7 Å². The first kappa shape index (κ1) is 10.4. The van der Waals surface area contributed by atoms with Crippen molar-refractivity contribution in [3.63, 3.8) is 0 Å². The quantitative estimate of drug-likeness (QED) is 0.670. The number of hydrogen-bond acceptors (Lipinski definition) is 1. The minimum atomic E-state index is 0.363. The van der Waals surface area contributed by atoms with Crippen molar-refractivity contribution in [2.24, 2.45) is 29.1 Å². The van der Waals surface area contributed by atoms with Crippen molar-refractivity contribution in [1.29, 1.82) is 0 Å². The van der Waals surface area contributed by atoms with Crippen molar-refractivity contribution < 1.29 is 4.74 Å². The van der Waals surface area contributed by atoms with Crippen LogP contribution in [0.2, 0.25) is 0 Å². The number of alkyl halides is 1. The highest BCUT2D eigenvalue weighted by Crippen LogP contribution is 2.62. The van der Waals surface area contributed by atoms with E-state index in [2.05, 4.69) is 6.92 Å². The monoisotopic (exact) mass is 228 g/mol. The molecule has 0 spiro atoms. The lowest BCUT2D eigenvalue weighted by molar-refractivity contribution is -0.129. The Kier molecular flexibility index (Phi) is 2.52. The van der Waals surface area contributed by atoms with Gasteiger partial charge < -0.3 is 4.74 Å². The molecule has 0 N–H and O–H groups in total. The molecule has 4 fully saturated rings. The Morgan fingerprint density at radius 3 is 2.07 bits per heavy atom. The van der Waals surface area contributed by atoms with E-state index in [1.165, 1.54) is 32.1 Å². The molecule has 0 unspecified atom stereocenters. The van der Waals surface area contributed by atoms with E-state index >= 15 is 0 Å². The van der Waals surface area contributed by atoms with Crippen molar-refractivity contribution in [1.82, 2.24) is 0 Å². The SMILES string of the molecule is CC1(COCCl)C2CC3CC(C2)CC1C3. The van der Waals surface area contributed by atoms with Crippen molar-refractivity contribution in [3.8, 4) is 0 Å². The maximum absolute atomic E-state index is 5.65. The molecular weight excluding hydrogens is 208 g/mol. The van der Waals surface area contributed by atoms with E-state index in [-0.39, 0.29) is 0 Å². The van der Waals surface area contributed by atoms with E-state index in [1.807, 2.05) is 0 Å². The molecule has 0 aromatic rings. The van der Waals surface area contributed by atoms with Crippen LogP contribution in [0.5, 0.6) is 0 Å². The minimum Gasteiger partial charge on any atom is -0.365 e. The summed E-state index contributed by atoms with van der Waals surface area (Å²) < 4.78 is 5.53. The van der Waals surface area contributed by atoms with Gasteiger partial charge in [-0.25, -0.2) is 0 Å². The molecule has 0 radical (unpaired) electrons. The predicted octanol–water partition coefficient (Wildman–Crippen LogP) is 3.66. The molecule has 0 atom stereocenters. The second-order valence-corrected chi connectivity index (χ2v) is 6.49. The molecule has 86 valence electrons. The second-order valence-electron chi connectivity index (χ2n) is 6.27. The van der Waals surface area contributed by atoms with E-state index in [1.54, 1.807) is 0 Å². The van der Waals surface area contributed by atoms with Crippen LogP contribution in [0, 0.1) is 29.1 Å². The summed E-state index contributed by atoms with van der Waals surface area (Å²) >= 11 is 5.65. The van der Waals surface area contributed by atoms with E-state index in [0.717, 1.165) is 30.3 Å². The Morgan fingerprint density at radius 2 is 1.60 bits per heavy atom. The first-order valence-electron chi connectivity index (χ1n) is 6.36. The summed E-state index contributed by atoms with van der Waals surface area (Å²) in [7, 11) is 0. The average molecular weight is 229 g/mol. The first-order valence-corrected chi connectivity index (χ1v) is 6.89. The predicted molar refractivity (Wildman–Crippen MR) is 61.8 cm³/mol. The maximum Gasteiger partial charge on any atom is 0.120 e. The van der Waals surface area contributed by atoms with Crippen LogP contribution in [0.25, 0.3) is 0 Å². The molecule has 1 nitrogen and oxygen atoms in total. The maximum atomic E-state index is 5.65. The second kappa shape index (κ2) is 3.63. The minimum absolute atomic E-state index is 0.363. The van der Waals surface area contributed by atoms with Gasteiger partial charge in [0.05, 0.1) is 6.61 Å². The fourth-order valence-electron chi connectivity index (χ4n) is 4.76. The van der Waals surface area contributed by atoms with Gasteiger partial charge in [-0.05, 0) is 61.2 Å². The summed E-state index contributed by atoms with van der Waals surface area (Å²) in [6, 6.07) is 0.363. The summed E-state index contributed by atoms with van der Waals surface area (Å²) in [6.45, 7) is 3.35. The third-order valence-corrected chi connectivity index (χ3v) is 5.65.